The average Bonchev–Trinajstić information content (AvgIpc) is 2.51. The molecule has 0 aliphatic heterocycles. The number of aryl methyl sites for hydroxylation is 1. The molecule has 0 radical (unpaired) electrons. The van der Waals surface area contributed by atoms with Crippen LogP contribution in [0.15, 0.2) is 10.8 Å². The minimum atomic E-state index is -0.0249. The van der Waals surface area contributed by atoms with Crippen molar-refractivity contribution in [2.24, 2.45) is 0 Å². The van der Waals surface area contributed by atoms with E-state index >= 15 is 0 Å². The molecule has 1 amide bonds. The number of carbonyl (C=O) groups is 1. The first-order chi connectivity index (χ1) is 6.15. The molecule has 1 aromatic heterocycles. The van der Waals surface area contributed by atoms with Crippen molar-refractivity contribution in [3.05, 3.63) is 21.9 Å². The molecule has 0 spiro atoms. The lowest BCUT2D eigenvalue weighted by atomic mass is 10.2. The summed E-state index contributed by atoms with van der Waals surface area (Å²) in [5, 5.41) is 5.61. The summed E-state index contributed by atoms with van der Waals surface area (Å²) in [7, 11) is 1.85. The van der Waals surface area contributed by atoms with Crippen LogP contribution in [0.4, 0.5) is 0 Å². The Labute approximate surface area is 82.3 Å². The summed E-state index contributed by atoms with van der Waals surface area (Å²) in [5.41, 5.74) is 4.58. The third-order valence-corrected chi connectivity index (χ3v) is 2.73. The molecular formula is C9H14N2OS. The molecule has 0 saturated heterocycles. The number of thiophene rings is 1. The molecule has 0 bridgehead atoms. The van der Waals surface area contributed by atoms with Gasteiger partial charge >= 0.3 is 0 Å². The van der Waals surface area contributed by atoms with Gasteiger partial charge in [-0.1, -0.05) is 6.92 Å². The van der Waals surface area contributed by atoms with Crippen molar-refractivity contribution in [2.45, 2.75) is 13.8 Å². The highest BCUT2D eigenvalue weighted by atomic mass is 32.1. The van der Waals surface area contributed by atoms with E-state index in [0.29, 0.717) is 0 Å². The van der Waals surface area contributed by atoms with E-state index < -0.39 is 0 Å². The van der Waals surface area contributed by atoms with Crippen LogP contribution in [0.2, 0.25) is 0 Å². The molecule has 0 atom stereocenters. The van der Waals surface area contributed by atoms with Crippen molar-refractivity contribution in [3.63, 3.8) is 0 Å². The van der Waals surface area contributed by atoms with Gasteiger partial charge in [0.2, 0.25) is 0 Å². The predicted molar refractivity (Wildman–Crippen MR) is 54.8 cm³/mol. The number of nitrogens with one attached hydrogen (secondary N) is 1. The molecule has 1 N–H and O–H groups in total. The van der Waals surface area contributed by atoms with Crippen molar-refractivity contribution in [1.29, 1.82) is 0 Å². The normalized spacial score (nSPS) is 10.5. The van der Waals surface area contributed by atoms with E-state index in [1.54, 1.807) is 16.3 Å². The van der Waals surface area contributed by atoms with Gasteiger partial charge in [-0.05, 0) is 17.9 Å². The van der Waals surface area contributed by atoms with Crippen LogP contribution in [0, 0.1) is 6.92 Å². The molecular weight excluding hydrogens is 184 g/mol. The van der Waals surface area contributed by atoms with Crippen LogP contribution in [0.25, 0.3) is 0 Å². The number of nitrogens with zero attached hydrogens (tertiary/aromatic N) is 1. The zero-order valence-electron chi connectivity index (χ0n) is 8.13. The summed E-state index contributed by atoms with van der Waals surface area (Å²) < 4.78 is 0. The standard InChI is InChI=1S/C9H14N2OS/c1-4-11(3)10-9(12)8-6-13-5-7(8)2/h5-6H,4H2,1-3H3,(H,10,12). The van der Waals surface area contributed by atoms with Gasteiger partial charge < -0.3 is 0 Å². The van der Waals surface area contributed by atoms with Gasteiger partial charge in [-0.3, -0.25) is 10.2 Å². The van der Waals surface area contributed by atoms with E-state index in [1.807, 2.05) is 31.7 Å². The third-order valence-electron chi connectivity index (χ3n) is 1.87. The maximum atomic E-state index is 11.5. The van der Waals surface area contributed by atoms with Crippen LogP contribution in [0.3, 0.4) is 0 Å². The lowest BCUT2D eigenvalue weighted by Crippen LogP contribution is -2.39. The quantitative estimate of drug-likeness (QED) is 0.749. The fourth-order valence-corrected chi connectivity index (χ4v) is 1.73. The van der Waals surface area contributed by atoms with Crippen molar-refractivity contribution in [3.8, 4) is 0 Å². The smallest absolute Gasteiger partial charge is 0.266 e. The molecule has 0 fully saturated rings. The lowest BCUT2D eigenvalue weighted by Gasteiger charge is -2.15. The molecule has 13 heavy (non-hydrogen) atoms. The molecule has 0 saturated carbocycles. The van der Waals surface area contributed by atoms with E-state index in [4.69, 9.17) is 0 Å². The maximum Gasteiger partial charge on any atom is 0.266 e. The number of carbonyl (C=O) groups excluding carboxylic acids is 1. The molecule has 1 aromatic rings. The summed E-state index contributed by atoms with van der Waals surface area (Å²) >= 11 is 1.55. The molecule has 0 aliphatic carbocycles. The van der Waals surface area contributed by atoms with Crippen molar-refractivity contribution >= 4 is 17.2 Å². The zero-order chi connectivity index (χ0) is 9.84. The molecule has 0 aromatic carbocycles. The second kappa shape index (κ2) is 4.39. The first-order valence-electron chi connectivity index (χ1n) is 4.20. The highest BCUT2D eigenvalue weighted by molar-refractivity contribution is 7.08. The van der Waals surface area contributed by atoms with Gasteiger partial charge in [-0.15, -0.1) is 0 Å². The Bertz CT molecular complexity index is 296. The molecule has 0 unspecified atom stereocenters. The summed E-state index contributed by atoms with van der Waals surface area (Å²) in [4.78, 5) is 11.5. The monoisotopic (exact) mass is 198 g/mol. The Morgan fingerprint density at radius 1 is 1.62 bits per heavy atom. The zero-order valence-corrected chi connectivity index (χ0v) is 8.94. The molecule has 3 nitrogen and oxygen atoms in total. The Balaban J connectivity index is 2.64. The van der Waals surface area contributed by atoms with Gasteiger partial charge in [0.15, 0.2) is 0 Å². The van der Waals surface area contributed by atoms with Crippen molar-refractivity contribution in [2.75, 3.05) is 13.6 Å². The van der Waals surface area contributed by atoms with Gasteiger partial charge in [0.25, 0.3) is 5.91 Å². The molecule has 72 valence electrons. The van der Waals surface area contributed by atoms with Gasteiger partial charge in [-0.2, -0.15) is 11.3 Å². The van der Waals surface area contributed by atoms with E-state index in [-0.39, 0.29) is 5.91 Å². The highest BCUT2D eigenvalue weighted by Crippen LogP contribution is 2.13. The summed E-state index contributed by atoms with van der Waals surface area (Å²) in [6.07, 6.45) is 0. The topological polar surface area (TPSA) is 32.3 Å². The molecule has 4 heteroatoms. The van der Waals surface area contributed by atoms with Crippen LogP contribution < -0.4 is 5.43 Å². The fourth-order valence-electron chi connectivity index (χ4n) is 0.906. The fraction of sp³-hybridized carbons (Fsp3) is 0.444. The van der Waals surface area contributed by atoms with E-state index in [2.05, 4.69) is 5.43 Å². The SMILES string of the molecule is CCN(C)NC(=O)c1cscc1C. The Morgan fingerprint density at radius 2 is 2.31 bits per heavy atom. The first kappa shape index (κ1) is 10.2. The van der Waals surface area contributed by atoms with Crippen LogP contribution in [0.5, 0.6) is 0 Å². The van der Waals surface area contributed by atoms with E-state index in [0.717, 1.165) is 17.7 Å². The van der Waals surface area contributed by atoms with E-state index in [1.165, 1.54) is 0 Å². The van der Waals surface area contributed by atoms with Crippen molar-refractivity contribution < 1.29 is 4.79 Å². The van der Waals surface area contributed by atoms with Gasteiger partial charge in [0.05, 0.1) is 5.56 Å². The van der Waals surface area contributed by atoms with Crippen LogP contribution >= 0.6 is 11.3 Å². The Kier molecular flexibility index (Phi) is 3.45. The van der Waals surface area contributed by atoms with Gasteiger partial charge in [0, 0.05) is 19.0 Å². The second-order valence-electron chi connectivity index (χ2n) is 2.92. The molecule has 1 heterocycles. The largest absolute Gasteiger partial charge is 0.285 e. The van der Waals surface area contributed by atoms with Crippen LogP contribution in [-0.4, -0.2) is 24.5 Å². The third kappa shape index (κ3) is 2.54. The summed E-state index contributed by atoms with van der Waals surface area (Å²) in [6.45, 7) is 4.73. The van der Waals surface area contributed by atoms with Crippen molar-refractivity contribution in [1.82, 2.24) is 10.4 Å². The number of hydrazine groups is 1. The Hall–Kier alpha value is -0.870. The molecule has 1 rings (SSSR count). The summed E-state index contributed by atoms with van der Waals surface area (Å²) in [5.74, 6) is -0.0249. The minimum absolute atomic E-state index is 0.0249. The number of hydrogen-bond acceptors (Lipinski definition) is 3. The lowest BCUT2D eigenvalue weighted by molar-refractivity contribution is 0.0835. The predicted octanol–water partition coefficient (Wildman–Crippen LogP) is 1.65. The maximum absolute atomic E-state index is 11.5. The number of hydrogen-bond donors (Lipinski definition) is 1. The average molecular weight is 198 g/mol. The second-order valence-corrected chi connectivity index (χ2v) is 3.67. The highest BCUT2D eigenvalue weighted by Gasteiger charge is 2.10. The number of rotatable bonds is 3. The first-order valence-corrected chi connectivity index (χ1v) is 5.14. The van der Waals surface area contributed by atoms with Gasteiger partial charge in [-0.25, -0.2) is 5.01 Å². The van der Waals surface area contributed by atoms with Crippen LogP contribution in [0.1, 0.15) is 22.8 Å². The minimum Gasteiger partial charge on any atom is -0.285 e. The van der Waals surface area contributed by atoms with Crippen LogP contribution in [-0.2, 0) is 0 Å². The van der Waals surface area contributed by atoms with E-state index in [9.17, 15) is 4.79 Å². The molecule has 0 aliphatic rings. The summed E-state index contributed by atoms with van der Waals surface area (Å²) in [6, 6.07) is 0. The Morgan fingerprint density at radius 3 is 2.77 bits per heavy atom. The number of amides is 1. The van der Waals surface area contributed by atoms with Gasteiger partial charge in [0.1, 0.15) is 0 Å².